The van der Waals surface area contributed by atoms with Gasteiger partial charge in [-0.3, -0.25) is 4.90 Å². The quantitative estimate of drug-likeness (QED) is 0.741. The highest BCUT2D eigenvalue weighted by molar-refractivity contribution is 7.10. The van der Waals surface area contributed by atoms with Crippen molar-refractivity contribution in [1.29, 1.82) is 0 Å². The molecule has 0 saturated carbocycles. The van der Waals surface area contributed by atoms with E-state index in [1.807, 2.05) is 23.5 Å². The average molecular weight is 287 g/mol. The van der Waals surface area contributed by atoms with Crippen molar-refractivity contribution < 1.29 is 8.83 Å². The van der Waals surface area contributed by atoms with E-state index in [4.69, 9.17) is 8.83 Å². The summed E-state index contributed by atoms with van der Waals surface area (Å²) in [6.07, 6.45) is 2.70. The molecule has 20 heavy (non-hydrogen) atoms. The smallest absolute Gasteiger partial charge is 0.283 e. The number of fused-ring (bicyclic) bond motifs is 1. The van der Waals surface area contributed by atoms with Crippen LogP contribution in [0.15, 0.2) is 38.7 Å². The summed E-state index contributed by atoms with van der Waals surface area (Å²) in [4.78, 5) is 3.83. The van der Waals surface area contributed by atoms with Crippen molar-refractivity contribution in [3.63, 3.8) is 0 Å². The molecule has 6 heteroatoms. The molecular weight excluding hydrogens is 274 g/mol. The van der Waals surface area contributed by atoms with Gasteiger partial charge in [-0.1, -0.05) is 0 Å². The predicted molar refractivity (Wildman–Crippen MR) is 74.1 cm³/mol. The minimum Gasteiger partial charge on any atom is -0.459 e. The lowest BCUT2D eigenvalue weighted by atomic mass is 10.1. The zero-order chi connectivity index (χ0) is 13.4. The van der Waals surface area contributed by atoms with E-state index < -0.39 is 0 Å². The van der Waals surface area contributed by atoms with Crippen molar-refractivity contribution in [2.75, 3.05) is 6.54 Å². The molecule has 0 atom stereocenters. The van der Waals surface area contributed by atoms with Crippen LogP contribution in [-0.2, 0) is 19.5 Å². The summed E-state index contributed by atoms with van der Waals surface area (Å²) in [5.74, 6) is 1.69. The standard InChI is InChI=1S/C14H13N3O2S/c1-2-11(18-6-1)14-16-15-13(19-14)9-17-5-3-12-10(8-17)4-7-20-12/h1-2,4,6-7H,3,5,8-9H2. The van der Waals surface area contributed by atoms with E-state index in [1.165, 1.54) is 10.4 Å². The lowest BCUT2D eigenvalue weighted by Gasteiger charge is -2.25. The van der Waals surface area contributed by atoms with E-state index in [1.54, 1.807) is 6.26 Å². The fourth-order valence-corrected chi connectivity index (χ4v) is 3.34. The van der Waals surface area contributed by atoms with Gasteiger partial charge in [0.25, 0.3) is 5.89 Å². The van der Waals surface area contributed by atoms with Crippen LogP contribution in [0.1, 0.15) is 16.3 Å². The maximum absolute atomic E-state index is 5.65. The Morgan fingerprint density at radius 1 is 1.30 bits per heavy atom. The van der Waals surface area contributed by atoms with E-state index in [0.29, 0.717) is 24.1 Å². The second kappa shape index (κ2) is 4.88. The Morgan fingerprint density at radius 3 is 3.20 bits per heavy atom. The molecule has 0 aromatic carbocycles. The Hall–Kier alpha value is -1.92. The van der Waals surface area contributed by atoms with E-state index in [0.717, 1.165) is 19.5 Å². The van der Waals surface area contributed by atoms with Crippen molar-refractivity contribution in [2.45, 2.75) is 19.5 Å². The van der Waals surface area contributed by atoms with E-state index in [2.05, 4.69) is 26.5 Å². The van der Waals surface area contributed by atoms with Gasteiger partial charge in [-0.2, -0.15) is 0 Å². The van der Waals surface area contributed by atoms with Crippen molar-refractivity contribution in [3.05, 3.63) is 46.2 Å². The second-order valence-corrected chi connectivity index (χ2v) is 5.81. The second-order valence-electron chi connectivity index (χ2n) is 4.81. The summed E-state index contributed by atoms with van der Waals surface area (Å²) >= 11 is 1.85. The van der Waals surface area contributed by atoms with Gasteiger partial charge >= 0.3 is 0 Å². The molecule has 0 fully saturated rings. The molecule has 0 amide bonds. The summed E-state index contributed by atoms with van der Waals surface area (Å²) in [6.45, 7) is 2.67. The molecular formula is C14H13N3O2S. The van der Waals surface area contributed by atoms with Crippen LogP contribution in [0.25, 0.3) is 11.7 Å². The lowest BCUT2D eigenvalue weighted by Crippen LogP contribution is -2.29. The Kier molecular flexibility index (Phi) is 2.90. The van der Waals surface area contributed by atoms with Crippen LogP contribution in [0.3, 0.4) is 0 Å². The summed E-state index contributed by atoms with van der Waals surface area (Å²) in [7, 11) is 0. The van der Waals surface area contributed by atoms with Crippen LogP contribution >= 0.6 is 11.3 Å². The van der Waals surface area contributed by atoms with Crippen LogP contribution in [0.4, 0.5) is 0 Å². The van der Waals surface area contributed by atoms with E-state index in [9.17, 15) is 0 Å². The number of aromatic nitrogens is 2. The molecule has 0 saturated heterocycles. The van der Waals surface area contributed by atoms with Gasteiger partial charge < -0.3 is 8.83 Å². The number of thiophene rings is 1. The number of furan rings is 1. The average Bonchev–Trinajstić information content (AvgIpc) is 3.19. The topological polar surface area (TPSA) is 55.3 Å². The Bertz CT molecular complexity index is 702. The third-order valence-electron chi connectivity index (χ3n) is 3.44. The first-order chi connectivity index (χ1) is 9.88. The molecule has 4 heterocycles. The van der Waals surface area contributed by atoms with Crippen molar-refractivity contribution >= 4 is 11.3 Å². The SMILES string of the molecule is c1coc(-c2nnc(CN3CCc4sccc4C3)o2)c1. The van der Waals surface area contributed by atoms with Gasteiger partial charge in [0.2, 0.25) is 5.89 Å². The highest BCUT2D eigenvalue weighted by Gasteiger charge is 2.20. The highest BCUT2D eigenvalue weighted by atomic mass is 32.1. The summed E-state index contributed by atoms with van der Waals surface area (Å²) < 4.78 is 10.9. The van der Waals surface area contributed by atoms with Gasteiger partial charge in [0.1, 0.15) is 0 Å². The van der Waals surface area contributed by atoms with Gasteiger partial charge in [0.15, 0.2) is 5.76 Å². The minimum atomic E-state index is 0.443. The molecule has 3 aromatic rings. The molecule has 0 unspecified atom stereocenters. The van der Waals surface area contributed by atoms with Crippen molar-refractivity contribution in [3.8, 4) is 11.7 Å². The maximum atomic E-state index is 5.65. The normalized spacial score (nSPS) is 15.4. The first kappa shape index (κ1) is 11.9. The molecule has 0 N–H and O–H groups in total. The molecule has 0 radical (unpaired) electrons. The molecule has 1 aliphatic rings. The van der Waals surface area contributed by atoms with Gasteiger partial charge in [-0.05, 0) is 35.6 Å². The maximum Gasteiger partial charge on any atom is 0.283 e. The minimum absolute atomic E-state index is 0.443. The van der Waals surface area contributed by atoms with Crippen LogP contribution in [-0.4, -0.2) is 21.6 Å². The molecule has 1 aliphatic heterocycles. The summed E-state index contributed by atoms with van der Waals surface area (Å²) in [5.41, 5.74) is 1.42. The first-order valence-corrected chi connectivity index (χ1v) is 7.40. The number of hydrogen-bond acceptors (Lipinski definition) is 6. The molecule has 4 rings (SSSR count). The summed E-state index contributed by atoms with van der Waals surface area (Å²) in [5, 5.41) is 10.3. The van der Waals surface area contributed by atoms with E-state index >= 15 is 0 Å². The molecule has 3 aromatic heterocycles. The Balaban J connectivity index is 1.48. The van der Waals surface area contributed by atoms with Crippen LogP contribution in [0, 0.1) is 0 Å². The Morgan fingerprint density at radius 2 is 2.30 bits per heavy atom. The Labute approximate surface area is 119 Å². The van der Waals surface area contributed by atoms with Gasteiger partial charge in [-0.25, -0.2) is 0 Å². The van der Waals surface area contributed by atoms with Crippen molar-refractivity contribution in [1.82, 2.24) is 15.1 Å². The van der Waals surface area contributed by atoms with Crippen molar-refractivity contribution in [2.24, 2.45) is 0 Å². The lowest BCUT2D eigenvalue weighted by molar-refractivity contribution is 0.223. The molecule has 0 spiro atoms. The van der Waals surface area contributed by atoms with Crippen LogP contribution in [0.2, 0.25) is 0 Å². The largest absolute Gasteiger partial charge is 0.459 e. The molecule has 5 nitrogen and oxygen atoms in total. The summed E-state index contributed by atoms with van der Waals surface area (Å²) in [6, 6.07) is 5.83. The molecule has 102 valence electrons. The van der Waals surface area contributed by atoms with Crippen LogP contribution in [0.5, 0.6) is 0 Å². The third-order valence-corrected chi connectivity index (χ3v) is 4.47. The zero-order valence-electron chi connectivity index (χ0n) is 10.8. The zero-order valence-corrected chi connectivity index (χ0v) is 11.6. The van der Waals surface area contributed by atoms with Crippen LogP contribution < -0.4 is 0 Å². The molecule has 0 bridgehead atoms. The monoisotopic (exact) mass is 287 g/mol. The van der Waals surface area contributed by atoms with Gasteiger partial charge in [-0.15, -0.1) is 21.5 Å². The number of rotatable bonds is 3. The van der Waals surface area contributed by atoms with Gasteiger partial charge in [0.05, 0.1) is 12.8 Å². The highest BCUT2D eigenvalue weighted by Crippen LogP contribution is 2.25. The third kappa shape index (κ3) is 2.17. The molecule has 0 aliphatic carbocycles. The first-order valence-electron chi connectivity index (χ1n) is 6.52. The van der Waals surface area contributed by atoms with Gasteiger partial charge in [0, 0.05) is 18.0 Å². The fraction of sp³-hybridized carbons (Fsp3) is 0.286. The fourth-order valence-electron chi connectivity index (χ4n) is 2.45. The number of nitrogens with zero attached hydrogens (tertiary/aromatic N) is 3. The number of hydrogen-bond donors (Lipinski definition) is 0. The predicted octanol–water partition coefficient (Wildman–Crippen LogP) is 2.95. The van der Waals surface area contributed by atoms with E-state index in [-0.39, 0.29) is 0 Å².